The second-order valence-corrected chi connectivity index (χ2v) is 26.9. The van der Waals surface area contributed by atoms with E-state index < -0.39 is 24.3 Å². The van der Waals surface area contributed by atoms with Gasteiger partial charge < -0.3 is 28.5 Å². The third-order valence-corrected chi connectivity index (χ3v) is 16.8. The fourth-order valence-electron chi connectivity index (χ4n) is 11.0. The molecule has 0 amide bonds. The SMILES string of the molecule is CC/C=C\C/C=C\C/C=C\C/C=C\C/C=C\C/C=C\C/C=C\C/C=C\C/C=C\CCCCCC(=O)OC(COC(=O)CCCCCCCCCCCCCCCCCCCCCCCCCCCCCCCCCCCCCC)COC(OCC[N+](C)(C)C)C(=O)O. The Bertz CT molecular complexity index is 1880. The molecule has 0 aliphatic carbocycles. The number of esters is 2. The number of carboxylic acid groups (broad SMARTS) is 1. The standard InChI is InChI=1S/C83H145NO8/c1-6-8-10-12-14-16-18-20-22-24-26-28-30-32-34-36-38-39-40-41-42-44-45-47-49-51-53-55-57-59-61-63-65-67-69-71-73-80(85)90-77-79(78-91-83(82(87)88)89-76-75-84(3,4)5)92-81(86)74-72-70-68-66-64-62-60-58-56-54-52-50-48-46-43-37-35-33-31-29-27-25-23-21-19-17-15-13-11-9-7-2/h9,11,15,17,21,23,27,29,33,35,43,46,50,52,56,58,62,64,79,83H,6-8,10,12-14,16,18-20,22,24-26,28,30-32,34,36-42,44-45,47-49,51,53-55,57,59-61,63,65-78H2,1-5H3/p+1/b11-9-,17-15-,23-21-,29-27-,35-33-,46-43-,52-50-,58-56-,64-62-. The lowest BCUT2D eigenvalue weighted by Crippen LogP contribution is -2.40. The molecule has 2 unspecified atom stereocenters. The lowest BCUT2D eigenvalue weighted by molar-refractivity contribution is -0.870. The van der Waals surface area contributed by atoms with Gasteiger partial charge in [-0.2, -0.15) is 0 Å². The zero-order valence-electron chi connectivity index (χ0n) is 60.7. The van der Waals surface area contributed by atoms with Gasteiger partial charge in [-0.05, 0) is 83.5 Å². The van der Waals surface area contributed by atoms with E-state index in [0.29, 0.717) is 23.9 Å². The maximum Gasteiger partial charge on any atom is 0.361 e. The van der Waals surface area contributed by atoms with E-state index in [2.05, 4.69) is 123 Å². The number of carbonyl (C=O) groups is 3. The Hall–Kier alpha value is -4.05. The largest absolute Gasteiger partial charge is 0.477 e. The minimum Gasteiger partial charge on any atom is -0.477 e. The lowest BCUT2D eigenvalue weighted by atomic mass is 10.0. The summed E-state index contributed by atoms with van der Waals surface area (Å²) in [6.45, 7) is 4.76. The average molecular weight is 1290 g/mol. The van der Waals surface area contributed by atoms with Crippen molar-refractivity contribution in [1.29, 1.82) is 0 Å². The van der Waals surface area contributed by atoms with Crippen molar-refractivity contribution in [3.8, 4) is 0 Å². The predicted octanol–water partition coefficient (Wildman–Crippen LogP) is 24.5. The van der Waals surface area contributed by atoms with Gasteiger partial charge in [0.2, 0.25) is 0 Å². The minimum absolute atomic E-state index is 0.177. The van der Waals surface area contributed by atoms with E-state index in [9.17, 15) is 19.5 Å². The van der Waals surface area contributed by atoms with Crippen LogP contribution >= 0.6 is 0 Å². The highest BCUT2D eigenvalue weighted by molar-refractivity contribution is 5.71. The molecule has 0 saturated carbocycles. The Morgan fingerprint density at radius 3 is 0.924 bits per heavy atom. The molecule has 0 rings (SSSR count). The lowest BCUT2D eigenvalue weighted by Gasteiger charge is -2.25. The number of ether oxygens (including phenoxy) is 4. The van der Waals surface area contributed by atoms with Crippen molar-refractivity contribution in [2.24, 2.45) is 0 Å². The molecule has 92 heavy (non-hydrogen) atoms. The van der Waals surface area contributed by atoms with Gasteiger partial charge in [0.1, 0.15) is 13.2 Å². The number of likely N-dealkylation sites (N-methyl/N-ethyl adjacent to an activating group) is 1. The van der Waals surface area contributed by atoms with Crippen molar-refractivity contribution in [3.63, 3.8) is 0 Å². The van der Waals surface area contributed by atoms with E-state index in [-0.39, 0.29) is 32.2 Å². The van der Waals surface area contributed by atoms with Crippen molar-refractivity contribution in [2.75, 3.05) is 47.5 Å². The fourth-order valence-corrected chi connectivity index (χ4v) is 11.0. The Labute approximate surface area is 568 Å². The van der Waals surface area contributed by atoms with Gasteiger partial charge in [0.25, 0.3) is 6.29 Å². The molecule has 530 valence electrons. The van der Waals surface area contributed by atoms with Gasteiger partial charge in [-0.3, -0.25) is 9.59 Å². The zero-order chi connectivity index (χ0) is 66.8. The second kappa shape index (κ2) is 72.8. The first-order valence-corrected chi connectivity index (χ1v) is 38.6. The summed E-state index contributed by atoms with van der Waals surface area (Å²) in [7, 11) is 5.97. The molecule has 0 aromatic heterocycles. The maximum atomic E-state index is 12.9. The number of quaternary nitrogens is 1. The van der Waals surface area contributed by atoms with E-state index in [1.807, 2.05) is 21.1 Å². The van der Waals surface area contributed by atoms with Crippen LogP contribution < -0.4 is 0 Å². The molecule has 9 nitrogen and oxygen atoms in total. The Morgan fingerprint density at radius 2 is 0.620 bits per heavy atom. The molecule has 0 radical (unpaired) electrons. The van der Waals surface area contributed by atoms with Crippen LogP contribution in [0.2, 0.25) is 0 Å². The number of rotatable bonds is 71. The monoisotopic (exact) mass is 1290 g/mol. The molecule has 0 bridgehead atoms. The molecule has 0 aromatic carbocycles. The number of unbranched alkanes of at least 4 members (excludes halogenated alkanes) is 38. The Kier molecular flexibility index (Phi) is 69.6. The quantitative estimate of drug-likeness (QED) is 0.0211. The Balaban J connectivity index is 4.10. The topological polar surface area (TPSA) is 108 Å². The normalized spacial score (nSPS) is 13.3. The van der Waals surface area contributed by atoms with Crippen LogP contribution in [0.5, 0.6) is 0 Å². The Morgan fingerprint density at radius 1 is 0.337 bits per heavy atom. The van der Waals surface area contributed by atoms with Crippen LogP contribution in [-0.4, -0.2) is 87.4 Å². The molecular formula is C83H146NO8+. The molecule has 0 aliphatic rings. The van der Waals surface area contributed by atoms with Gasteiger partial charge in [-0.15, -0.1) is 0 Å². The number of aliphatic carboxylic acids is 1. The van der Waals surface area contributed by atoms with Crippen molar-refractivity contribution in [2.45, 2.75) is 354 Å². The highest BCUT2D eigenvalue weighted by atomic mass is 16.7. The summed E-state index contributed by atoms with van der Waals surface area (Å²) >= 11 is 0. The summed E-state index contributed by atoms with van der Waals surface area (Å²) in [5.41, 5.74) is 0. The fraction of sp³-hybridized carbons (Fsp3) is 0.747. The van der Waals surface area contributed by atoms with Crippen molar-refractivity contribution < 1.29 is 42.9 Å². The van der Waals surface area contributed by atoms with Gasteiger partial charge in [0.05, 0.1) is 34.4 Å². The van der Waals surface area contributed by atoms with Crippen molar-refractivity contribution >= 4 is 17.9 Å². The van der Waals surface area contributed by atoms with Crippen LogP contribution in [0.1, 0.15) is 341 Å². The summed E-state index contributed by atoms with van der Waals surface area (Å²) < 4.78 is 23.0. The molecule has 0 spiro atoms. The number of hydrogen-bond acceptors (Lipinski definition) is 7. The van der Waals surface area contributed by atoms with Crippen molar-refractivity contribution in [3.05, 3.63) is 109 Å². The third-order valence-electron chi connectivity index (χ3n) is 16.8. The molecule has 1 N–H and O–H groups in total. The van der Waals surface area contributed by atoms with Crippen molar-refractivity contribution in [1.82, 2.24) is 0 Å². The molecular weight excluding hydrogens is 1140 g/mol. The zero-order valence-corrected chi connectivity index (χ0v) is 60.7. The van der Waals surface area contributed by atoms with Crippen LogP contribution in [0.4, 0.5) is 0 Å². The summed E-state index contributed by atoms with van der Waals surface area (Å²) in [4.78, 5) is 37.7. The molecule has 0 heterocycles. The summed E-state index contributed by atoms with van der Waals surface area (Å²) in [6.07, 6.45) is 99.6. The first-order valence-electron chi connectivity index (χ1n) is 38.6. The highest BCUT2D eigenvalue weighted by Gasteiger charge is 2.25. The maximum absolute atomic E-state index is 12.9. The predicted molar refractivity (Wildman–Crippen MR) is 396 cm³/mol. The second-order valence-electron chi connectivity index (χ2n) is 26.9. The molecule has 9 heteroatoms. The van der Waals surface area contributed by atoms with Gasteiger partial charge in [0.15, 0.2) is 6.10 Å². The van der Waals surface area contributed by atoms with Crippen LogP contribution in [0, 0.1) is 0 Å². The van der Waals surface area contributed by atoms with Crippen LogP contribution in [0.25, 0.3) is 0 Å². The highest BCUT2D eigenvalue weighted by Crippen LogP contribution is 2.19. The molecule has 0 aliphatic heterocycles. The molecule has 0 saturated heterocycles. The van der Waals surface area contributed by atoms with Gasteiger partial charge in [-0.25, -0.2) is 4.79 Å². The first-order chi connectivity index (χ1) is 45.1. The molecule has 0 fully saturated rings. The van der Waals surface area contributed by atoms with Gasteiger partial charge in [0, 0.05) is 12.8 Å². The summed E-state index contributed by atoms with van der Waals surface area (Å²) in [6, 6.07) is 0. The van der Waals surface area contributed by atoms with E-state index in [1.165, 1.54) is 212 Å². The van der Waals surface area contributed by atoms with Crippen LogP contribution in [0.15, 0.2) is 109 Å². The number of nitrogens with zero attached hydrogens (tertiary/aromatic N) is 1. The molecule has 0 aromatic rings. The number of carboxylic acids is 1. The first kappa shape index (κ1) is 88.0. The number of hydrogen-bond donors (Lipinski definition) is 1. The van der Waals surface area contributed by atoms with Crippen LogP contribution in [-0.2, 0) is 33.3 Å². The number of allylic oxidation sites excluding steroid dienone is 18. The summed E-state index contributed by atoms with van der Waals surface area (Å²) in [5, 5.41) is 9.76. The summed E-state index contributed by atoms with van der Waals surface area (Å²) in [5.74, 6) is -2.04. The van der Waals surface area contributed by atoms with E-state index in [1.54, 1.807) is 0 Å². The van der Waals surface area contributed by atoms with E-state index in [4.69, 9.17) is 18.9 Å². The van der Waals surface area contributed by atoms with Gasteiger partial charge in [-0.1, -0.05) is 354 Å². The van der Waals surface area contributed by atoms with E-state index >= 15 is 0 Å². The van der Waals surface area contributed by atoms with Crippen LogP contribution in [0.3, 0.4) is 0 Å². The minimum atomic E-state index is -1.53. The molecule has 2 atom stereocenters. The third kappa shape index (κ3) is 73.4. The van der Waals surface area contributed by atoms with Gasteiger partial charge >= 0.3 is 17.9 Å². The average Bonchev–Trinajstić information content (AvgIpc) is 3.70. The van der Waals surface area contributed by atoms with E-state index in [0.717, 1.165) is 96.3 Å². The number of carbonyl (C=O) groups excluding carboxylic acids is 2. The smallest absolute Gasteiger partial charge is 0.361 e.